The van der Waals surface area contributed by atoms with Crippen molar-refractivity contribution in [3.05, 3.63) is 35.9 Å². The lowest BCUT2D eigenvalue weighted by molar-refractivity contribution is -0.122. The highest BCUT2D eigenvalue weighted by molar-refractivity contribution is 5.81. The molecule has 1 unspecified atom stereocenters. The molecule has 0 aromatic heterocycles. The molecule has 94 valence electrons. The Hall–Kier alpha value is -1.39. The van der Waals surface area contributed by atoms with E-state index in [2.05, 4.69) is 5.32 Å². The lowest BCUT2D eigenvalue weighted by Gasteiger charge is -2.11. The summed E-state index contributed by atoms with van der Waals surface area (Å²) in [4.78, 5) is 11.6. The Kier molecular flexibility index (Phi) is 6.29. The van der Waals surface area contributed by atoms with E-state index in [0.717, 1.165) is 12.8 Å². The second-order valence-corrected chi connectivity index (χ2v) is 4.06. The fourth-order valence-corrected chi connectivity index (χ4v) is 1.54. The third-order valence-electron chi connectivity index (χ3n) is 2.60. The number of hydrogen-bond donors (Lipinski definition) is 3. The van der Waals surface area contributed by atoms with E-state index in [4.69, 9.17) is 11.5 Å². The molecule has 1 atom stereocenters. The molecule has 4 nitrogen and oxygen atoms in total. The number of amides is 1. The Morgan fingerprint density at radius 1 is 1.29 bits per heavy atom. The maximum absolute atomic E-state index is 11.6. The van der Waals surface area contributed by atoms with Crippen LogP contribution in [0.3, 0.4) is 0 Å². The molecular formula is C13H21N3O. The maximum atomic E-state index is 11.6. The van der Waals surface area contributed by atoms with E-state index >= 15 is 0 Å². The lowest BCUT2D eigenvalue weighted by Crippen LogP contribution is -2.41. The van der Waals surface area contributed by atoms with Crippen molar-refractivity contribution in [2.24, 2.45) is 11.5 Å². The van der Waals surface area contributed by atoms with Gasteiger partial charge in [0.2, 0.25) is 5.91 Å². The summed E-state index contributed by atoms with van der Waals surface area (Å²) in [7, 11) is 0. The first-order valence-corrected chi connectivity index (χ1v) is 6.01. The van der Waals surface area contributed by atoms with Crippen LogP contribution in [-0.4, -0.2) is 25.0 Å². The maximum Gasteiger partial charge on any atom is 0.236 e. The van der Waals surface area contributed by atoms with E-state index in [1.54, 1.807) is 0 Å². The summed E-state index contributed by atoms with van der Waals surface area (Å²) in [6.45, 7) is 1.19. The molecule has 1 amide bonds. The first kappa shape index (κ1) is 13.7. The normalized spacial score (nSPS) is 12.1. The number of rotatable bonds is 7. The van der Waals surface area contributed by atoms with Crippen molar-refractivity contribution in [2.45, 2.75) is 25.3 Å². The number of carbonyl (C=O) groups excluding carboxylic acids is 1. The van der Waals surface area contributed by atoms with Crippen LogP contribution in [0.5, 0.6) is 0 Å². The van der Waals surface area contributed by atoms with E-state index < -0.39 is 6.04 Å². The Labute approximate surface area is 102 Å². The average Bonchev–Trinajstić information content (AvgIpc) is 2.37. The highest BCUT2D eigenvalue weighted by Crippen LogP contribution is 2.03. The molecule has 0 aliphatic rings. The van der Waals surface area contributed by atoms with Crippen molar-refractivity contribution in [3.63, 3.8) is 0 Å². The summed E-state index contributed by atoms with van der Waals surface area (Å²) in [5, 5.41) is 2.78. The van der Waals surface area contributed by atoms with Gasteiger partial charge in [0.15, 0.2) is 0 Å². The predicted octanol–water partition coefficient (Wildman–Crippen LogP) is 0.412. The van der Waals surface area contributed by atoms with Crippen LogP contribution in [-0.2, 0) is 11.2 Å². The monoisotopic (exact) mass is 235 g/mol. The van der Waals surface area contributed by atoms with Gasteiger partial charge in [0, 0.05) is 6.54 Å². The van der Waals surface area contributed by atoms with Gasteiger partial charge in [0.05, 0.1) is 6.04 Å². The van der Waals surface area contributed by atoms with Crippen LogP contribution in [0.4, 0.5) is 0 Å². The fraction of sp³-hybridized carbons (Fsp3) is 0.462. The first-order chi connectivity index (χ1) is 8.24. The molecule has 0 saturated carbocycles. The molecule has 0 aliphatic carbocycles. The van der Waals surface area contributed by atoms with Gasteiger partial charge in [0.1, 0.15) is 0 Å². The zero-order valence-corrected chi connectivity index (χ0v) is 10.1. The van der Waals surface area contributed by atoms with Gasteiger partial charge in [-0.2, -0.15) is 0 Å². The minimum atomic E-state index is -0.437. The van der Waals surface area contributed by atoms with Crippen molar-refractivity contribution in [1.29, 1.82) is 0 Å². The number of benzene rings is 1. The molecule has 0 bridgehead atoms. The first-order valence-electron chi connectivity index (χ1n) is 6.01. The van der Waals surface area contributed by atoms with E-state index in [1.807, 2.05) is 30.3 Å². The highest BCUT2D eigenvalue weighted by atomic mass is 16.2. The molecular weight excluding hydrogens is 214 g/mol. The average molecular weight is 235 g/mol. The van der Waals surface area contributed by atoms with Gasteiger partial charge in [-0.15, -0.1) is 0 Å². The number of nitrogens with two attached hydrogens (primary N) is 2. The van der Waals surface area contributed by atoms with Gasteiger partial charge in [-0.3, -0.25) is 4.79 Å². The quantitative estimate of drug-likeness (QED) is 0.599. The van der Waals surface area contributed by atoms with E-state index in [0.29, 0.717) is 19.5 Å². The predicted molar refractivity (Wildman–Crippen MR) is 69.4 cm³/mol. The van der Waals surface area contributed by atoms with Crippen molar-refractivity contribution >= 4 is 5.91 Å². The molecule has 5 N–H and O–H groups in total. The zero-order chi connectivity index (χ0) is 12.5. The summed E-state index contributed by atoms with van der Waals surface area (Å²) >= 11 is 0. The van der Waals surface area contributed by atoms with Gasteiger partial charge in [-0.25, -0.2) is 0 Å². The topological polar surface area (TPSA) is 81.1 Å². The van der Waals surface area contributed by atoms with Gasteiger partial charge >= 0.3 is 0 Å². The minimum Gasteiger partial charge on any atom is -0.355 e. The van der Waals surface area contributed by atoms with Crippen LogP contribution in [0.15, 0.2) is 30.3 Å². The SMILES string of the molecule is NCCCNC(=O)C(N)CCc1ccccc1. The summed E-state index contributed by atoms with van der Waals surface area (Å²) in [5.41, 5.74) is 12.4. The third-order valence-corrected chi connectivity index (χ3v) is 2.60. The van der Waals surface area contributed by atoms with Crippen LogP contribution in [0, 0.1) is 0 Å². The molecule has 0 spiro atoms. The van der Waals surface area contributed by atoms with Crippen LogP contribution in [0.2, 0.25) is 0 Å². The van der Waals surface area contributed by atoms with E-state index in [1.165, 1.54) is 5.56 Å². The Morgan fingerprint density at radius 2 is 2.00 bits per heavy atom. The van der Waals surface area contributed by atoms with Crippen molar-refractivity contribution in [1.82, 2.24) is 5.32 Å². The van der Waals surface area contributed by atoms with Crippen molar-refractivity contribution < 1.29 is 4.79 Å². The third kappa shape index (κ3) is 5.47. The van der Waals surface area contributed by atoms with Crippen LogP contribution < -0.4 is 16.8 Å². The van der Waals surface area contributed by atoms with Gasteiger partial charge in [-0.1, -0.05) is 30.3 Å². The molecule has 0 aliphatic heterocycles. The smallest absolute Gasteiger partial charge is 0.236 e. The number of carbonyl (C=O) groups is 1. The lowest BCUT2D eigenvalue weighted by atomic mass is 10.1. The second kappa shape index (κ2) is 7.81. The molecule has 0 fully saturated rings. The molecule has 0 saturated heterocycles. The number of aryl methyl sites for hydroxylation is 1. The summed E-state index contributed by atoms with van der Waals surface area (Å²) < 4.78 is 0. The molecule has 4 heteroatoms. The van der Waals surface area contributed by atoms with E-state index in [-0.39, 0.29) is 5.91 Å². The molecule has 1 aromatic rings. The second-order valence-electron chi connectivity index (χ2n) is 4.06. The van der Waals surface area contributed by atoms with Crippen molar-refractivity contribution in [2.75, 3.05) is 13.1 Å². The fourth-order valence-electron chi connectivity index (χ4n) is 1.54. The van der Waals surface area contributed by atoms with Gasteiger partial charge < -0.3 is 16.8 Å². The van der Waals surface area contributed by atoms with Gasteiger partial charge in [-0.05, 0) is 31.4 Å². The standard InChI is InChI=1S/C13H21N3O/c14-9-4-10-16-13(17)12(15)8-7-11-5-2-1-3-6-11/h1-3,5-6,12H,4,7-10,14-15H2,(H,16,17). The zero-order valence-electron chi connectivity index (χ0n) is 10.1. The molecule has 1 aromatic carbocycles. The number of hydrogen-bond acceptors (Lipinski definition) is 3. The molecule has 17 heavy (non-hydrogen) atoms. The Balaban J connectivity index is 2.24. The summed E-state index contributed by atoms with van der Waals surface area (Å²) in [6.07, 6.45) is 2.28. The van der Waals surface area contributed by atoms with Gasteiger partial charge in [0.25, 0.3) is 0 Å². The van der Waals surface area contributed by atoms with Crippen LogP contribution in [0.25, 0.3) is 0 Å². The van der Waals surface area contributed by atoms with Crippen molar-refractivity contribution in [3.8, 4) is 0 Å². The number of nitrogens with one attached hydrogen (secondary N) is 1. The molecule has 0 heterocycles. The van der Waals surface area contributed by atoms with Crippen LogP contribution in [0.1, 0.15) is 18.4 Å². The largest absolute Gasteiger partial charge is 0.355 e. The Morgan fingerprint density at radius 3 is 2.65 bits per heavy atom. The van der Waals surface area contributed by atoms with E-state index in [9.17, 15) is 4.79 Å². The molecule has 1 rings (SSSR count). The summed E-state index contributed by atoms with van der Waals surface area (Å²) in [5.74, 6) is -0.0885. The molecule has 0 radical (unpaired) electrons. The van der Waals surface area contributed by atoms with Crippen LogP contribution >= 0.6 is 0 Å². The Bertz CT molecular complexity index is 327. The highest BCUT2D eigenvalue weighted by Gasteiger charge is 2.12. The minimum absolute atomic E-state index is 0.0885. The summed E-state index contributed by atoms with van der Waals surface area (Å²) in [6, 6.07) is 9.60.